The van der Waals surface area contributed by atoms with Gasteiger partial charge in [-0.1, -0.05) is 12.6 Å². The number of hydrogen-bond donors (Lipinski definition) is 0. The first kappa shape index (κ1) is 10.2. The van der Waals surface area contributed by atoms with Crippen molar-refractivity contribution < 1.29 is 13.7 Å². The van der Waals surface area contributed by atoms with Gasteiger partial charge in [0.25, 0.3) is 0 Å². The van der Waals surface area contributed by atoms with Gasteiger partial charge < -0.3 is 9.31 Å². The molecule has 1 aromatic rings. The molecule has 0 saturated carbocycles. The maximum absolute atomic E-state index is 12.6. The second-order valence-electron chi connectivity index (χ2n) is 3.92. The Kier molecular flexibility index (Phi) is 2.27. The van der Waals surface area contributed by atoms with E-state index in [1.807, 2.05) is 13.8 Å². The van der Waals surface area contributed by atoms with Crippen molar-refractivity contribution in [3.8, 4) is 0 Å². The maximum Gasteiger partial charge on any atom is 0.564 e. The van der Waals surface area contributed by atoms with E-state index in [1.165, 1.54) is 12.3 Å². The highest BCUT2D eigenvalue weighted by Crippen LogP contribution is 2.28. The highest BCUT2D eigenvalue weighted by Gasteiger charge is 2.42. The van der Waals surface area contributed by atoms with Crippen molar-refractivity contribution in [2.75, 3.05) is 0 Å². The summed E-state index contributed by atoms with van der Waals surface area (Å²) in [6.45, 7) is 7.49. The zero-order valence-corrected chi connectivity index (χ0v) is 8.66. The summed E-state index contributed by atoms with van der Waals surface area (Å²) in [5.41, 5.74) is 0.169. The second-order valence-corrected chi connectivity index (χ2v) is 3.92. The van der Waals surface area contributed by atoms with E-state index in [0.29, 0.717) is 11.2 Å². The molecule has 78 valence electrons. The van der Waals surface area contributed by atoms with Crippen LogP contribution >= 0.6 is 0 Å². The van der Waals surface area contributed by atoms with Gasteiger partial charge in [-0.15, -0.1) is 0 Å². The number of rotatable bonds is 1. The Morgan fingerprint density at radius 2 is 2.20 bits per heavy atom. The van der Waals surface area contributed by atoms with Crippen molar-refractivity contribution in [3.63, 3.8) is 0 Å². The second kappa shape index (κ2) is 3.34. The highest BCUT2D eigenvalue weighted by atomic mass is 19.1. The first-order valence-corrected chi connectivity index (χ1v) is 4.64. The fraction of sp³-hybridized carbons (Fsp3) is 0.300. The molecule has 0 radical (unpaired) electrons. The monoisotopic (exact) mass is 207 g/mol. The molecule has 0 aliphatic carbocycles. The molecule has 1 fully saturated rings. The van der Waals surface area contributed by atoms with E-state index in [2.05, 4.69) is 11.6 Å². The molecular formula is C10H11BFNO2. The van der Waals surface area contributed by atoms with Gasteiger partial charge in [0.05, 0.1) is 5.76 Å². The summed E-state index contributed by atoms with van der Waals surface area (Å²) < 4.78 is 23.6. The van der Waals surface area contributed by atoms with E-state index in [9.17, 15) is 4.39 Å². The highest BCUT2D eigenvalue weighted by molar-refractivity contribution is 6.62. The maximum atomic E-state index is 12.6. The summed E-state index contributed by atoms with van der Waals surface area (Å²) in [6.07, 6.45) is 1.40. The third-order valence-corrected chi connectivity index (χ3v) is 2.34. The summed E-state index contributed by atoms with van der Waals surface area (Å²) in [5, 5.41) is 0. The molecular weight excluding hydrogens is 196 g/mol. The average molecular weight is 207 g/mol. The lowest BCUT2D eigenvalue weighted by Gasteiger charge is -2.15. The Morgan fingerprint density at radius 3 is 2.67 bits per heavy atom. The molecule has 1 aromatic heterocycles. The molecule has 0 bridgehead atoms. The minimum atomic E-state index is -0.541. The van der Waals surface area contributed by atoms with Crippen LogP contribution in [0.4, 0.5) is 4.39 Å². The Hall–Kier alpha value is -1.36. The van der Waals surface area contributed by atoms with Gasteiger partial charge in [-0.2, -0.15) is 4.39 Å². The normalized spacial score (nSPS) is 19.1. The summed E-state index contributed by atoms with van der Waals surface area (Å²) in [7, 11) is -0.541. The fourth-order valence-corrected chi connectivity index (χ4v) is 1.29. The first-order chi connectivity index (χ1) is 6.99. The lowest BCUT2D eigenvalue weighted by molar-refractivity contribution is 0.173. The molecule has 2 rings (SSSR count). The van der Waals surface area contributed by atoms with Crippen LogP contribution in [0.2, 0.25) is 0 Å². The van der Waals surface area contributed by atoms with Crippen LogP contribution in [-0.4, -0.2) is 17.7 Å². The van der Waals surface area contributed by atoms with Gasteiger partial charge in [-0.3, -0.25) is 0 Å². The molecule has 1 saturated heterocycles. The Labute approximate surface area is 88.1 Å². The van der Waals surface area contributed by atoms with Crippen molar-refractivity contribution >= 4 is 12.6 Å². The molecule has 0 spiro atoms. The third-order valence-electron chi connectivity index (χ3n) is 2.34. The third kappa shape index (κ3) is 1.87. The van der Waals surface area contributed by atoms with Crippen molar-refractivity contribution in [1.82, 2.24) is 4.98 Å². The predicted octanol–water partition coefficient (Wildman–Crippen LogP) is 1.25. The summed E-state index contributed by atoms with van der Waals surface area (Å²) in [5.74, 6) is 0.0478. The molecule has 0 N–H and O–H groups in total. The van der Waals surface area contributed by atoms with Crippen molar-refractivity contribution in [3.05, 3.63) is 36.6 Å². The Morgan fingerprint density at radius 1 is 1.47 bits per heavy atom. The van der Waals surface area contributed by atoms with Gasteiger partial charge in [-0.05, 0) is 19.9 Å². The van der Waals surface area contributed by atoms with Crippen molar-refractivity contribution in [2.45, 2.75) is 19.4 Å². The van der Waals surface area contributed by atoms with E-state index in [0.717, 1.165) is 0 Å². The average Bonchev–Trinajstić information content (AvgIpc) is 2.42. The lowest BCUT2D eigenvalue weighted by Crippen LogP contribution is -2.34. The molecule has 0 aromatic carbocycles. The number of hydrogen-bond acceptors (Lipinski definition) is 3. The van der Waals surface area contributed by atoms with Crippen LogP contribution in [0.15, 0.2) is 30.7 Å². The van der Waals surface area contributed by atoms with E-state index in [1.54, 1.807) is 6.07 Å². The number of pyridine rings is 1. The SMILES string of the molecule is C=C1OB(c2ccc(F)nc2)OC1(C)C. The number of halogens is 1. The van der Waals surface area contributed by atoms with Gasteiger partial charge >= 0.3 is 7.12 Å². The fourth-order valence-electron chi connectivity index (χ4n) is 1.29. The zero-order chi connectivity index (χ0) is 11.1. The summed E-state index contributed by atoms with van der Waals surface area (Å²) >= 11 is 0. The van der Waals surface area contributed by atoms with E-state index < -0.39 is 18.7 Å². The minimum absolute atomic E-state index is 0.515. The molecule has 1 aliphatic rings. The lowest BCUT2D eigenvalue weighted by atomic mass is 9.80. The molecule has 5 heteroatoms. The number of nitrogens with zero attached hydrogens (tertiary/aromatic N) is 1. The topological polar surface area (TPSA) is 31.4 Å². The smallest absolute Gasteiger partial charge is 0.534 e. The Balaban J connectivity index is 2.21. The molecule has 1 aliphatic heterocycles. The van der Waals surface area contributed by atoms with Crippen molar-refractivity contribution in [2.24, 2.45) is 0 Å². The van der Waals surface area contributed by atoms with Crippen LogP contribution in [0.3, 0.4) is 0 Å². The molecule has 2 heterocycles. The van der Waals surface area contributed by atoms with Gasteiger partial charge in [0.1, 0.15) is 5.60 Å². The van der Waals surface area contributed by atoms with E-state index in [-0.39, 0.29) is 0 Å². The van der Waals surface area contributed by atoms with E-state index >= 15 is 0 Å². The summed E-state index contributed by atoms with van der Waals surface area (Å²) in [6, 6.07) is 2.86. The first-order valence-electron chi connectivity index (χ1n) is 4.64. The molecule has 3 nitrogen and oxygen atoms in total. The van der Waals surface area contributed by atoms with Crippen LogP contribution in [0.25, 0.3) is 0 Å². The Bertz CT molecular complexity index is 391. The standard InChI is InChI=1S/C10H11BFNO2/c1-7-10(2,3)15-11(14-7)8-4-5-9(12)13-6-8/h4-6H,1H2,2-3H3. The van der Waals surface area contributed by atoms with Crippen LogP contribution in [0, 0.1) is 5.95 Å². The quantitative estimate of drug-likeness (QED) is 0.513. The van der Waals surface area contributed by atoms with Crippen molar-refractivity contribution in [1.29, 1.82) is 0 Å². The number of aromatic nitrogens is 1. The van der Waals surface area contributed by atoms with Gasteiger partial charge in [0.2, 0.25) is 5.95 Å². The molecule has 0 amide bonds. The van der Waals surface area contributed by atoms with Crippen LogP contribution < -0.4 is 5.46 Å². The van der Waals surface area contributed by atoms with Crippen LogP contribution in [0.5, 0.6) is 0 Å². The minimum Gasteiger partial charge on any atom is -0.534 e. The largest absolute Gasteiger partial charge is 0.564 e. The molecule has 0 atom stereocenters. The van der Waals surface area contributed by atoms with Gasteiger partial charge in [-0.25, -0.2) is 4.98 Å². The zero-order valence-electron chi connectivity index (χ0n) is 8.66. The summed E-state index contributed by atoms with van der Waals surface area (Å²) in [4.78, 5) is 3.54. The van der Waals surface area contributed by atoms with Crippen LogP contribution in [-0.2, 0) is 9.31 Å². The van der Waals surface area contributed by atoms with E-state index in [4.69, 9.17) is 9.31 Å². The molecule has 15 heavy (non-hydrogen) atoms. The molecule has 0 unspecified atom stereocenters. The van der Waals surface area contributed by atoms with Gasteiger partial charge in [0.15, 0.2) is 0 Å². The van der Waals surface area contributed by atoms with Crippen LogP contribution in [0.1, 0.15) is 13.8 Å². The van der Waals surface area contributed by atoms with Gasteiger partial charge in [0, 0.05) is 11.7 Å². The predicted molar refractivity (Wildman–Crippen MR) is 55.0 cm³/mol.